The van der Waals surface area contributed by atoms with E-state index in [0.717, 1.165) is 21.6 Å². The molecule has 0 aliphatic rings. The molecule has 2 rings (SSSR count). The van der Waals surface area contributed by atoms with Gasteiger partial charge in [0, 0.05) is 10.6 Å². The van der Waals surface area contributed by atoms with Crippen LogP contribution >= 0.6 is 22.9 Å². The minimum absolute atomic E-state index is 0.285. The summed E-state index contributed by atoms with van der Waals surface area (Å²) in [6.45, 7) is 0.641. The van der Waals surface area contributed by atoms with Crippen molar-refractivity contribution in [1.82, 2.24) is 0 Å². The molecule has 0 saturated heterocycles. The molecule has 0 amide bonds. The van der Waals surface area contributed by atoms with E-state index in [9.17, 15) is 5.11 Å². The summed E-state index contributed by atoms with van der Waals surface area (Å²) in [7, 11) is 0. The van der Waals surface area contributed by atoms with E-state index < -0.39 is 0 Å². The Hall–Kier alpha value is -0.930. The number of halogens is 1. The molecule has 0 saturated carbocycles. The largest absolute Gasteiger partial charge is 0.508 e. The predicted octanol–water partition coefficient (Wildman–Crippen LogP) is 3.61. The first kappa shape index (κ1) is 10.6. The Morgan fingerprint density at radius 3 is 3.00 bits per heavy atom. The van der Waals surface area contributed by atoms with Gasteiger partial charge in [0.2, 0.25) is 0 Å². The van der Waals surface area contributed by atoms with Crippen LogP contribution in [-0.4, -0.2) is 17.6 Å². The second kappa shape index (κ2) is 4.73. The summed E-state index contributed by atoms with van der Waals surface area (Å²) in [5.41, 5.74) is 0. The van der Waals surface area contributed by atoms with Gasteiger partial charge in [0.15, 0.2) is 5.06 Å². The highest BCUT2D eigenvalue weighted by atomic mass is 35.5. The lowest BCUT2D eigenvalue weighted by molar-refractivity contribution is 0.328. The summed E-state index contributed by atoms with van der Waals surface area (Å²) >= 11 is 7.14. The van der Waals surface area contributed by atoms with Gasteiger partial charge in [0.25, 0.3) is 0 Å². The number of benzene rings is 1. The standard InChI is InChI=1S/C11H11ClO2S/c12-4-1-5-14-11-7-8-6-9(13)2-3-10(8)15-11/h2-3,6-7,13H,1,4-5H2. The normalized spacial score (nSPS) is 10.7. The number of hydrogen-bond donors (Lipinski definition) is 1. The molecule has 2 nitrogen and oxygen atoms in total. The van der Waals surface area contributed by atoms with Crippen molar-refractivity contribution in [2.24, 2.45) is 0 Å². The van der Waals surface area contributed by atoms with Crippen LogP contribution in [0.4, 0.5) is 0 Å². The Bertz CT molecular complexity index is 453. The van der Waals surface area contributed by atoms with Gasteiger partial charge in [0.05, 0.1) is 6.61 Å². The third kappa shape index (κ3) is 2.55. The highest BCUT2D eigenvalue weighted by Gasteiger charge is 2.03. The molecule has 0 fully saturated rings. The first-order chi connectivity index (χ1) is 7.29. The average molecular weight is 243 g/mol. The lowest BCUT2D eigenvalue weighted by Gasteiger charge is -1.98. The number of phenols is 1. The summed E-state index contributed by atoms with van der Waals surface area (Å²) in [6.07, 6.45) is 0.848. The Morgan fingerprint density at radius 2 is 2.20 bits per heavy atom. The number of alkyl halides is 1. The van der Waals surface area contributed by atoms with Crippen LogP contribution in [0, 0.1) is 0 Å². The molecule has 0 aliphatic heterocycles. The van der Waals surface area contributed by atoms with Crippen molar-refractivity contribution >= 4 is 33.0 Å². The minimum atomic E-state index is 0.285. The fraction of sp³-hybridized carbons (Fsp3) is 0.273. The zero-order chi connectivity index (χ0) is 10.7. The quantitative estimate of drug-likeness (QED) is 0.656. The van der Waals surface area contributed by atoms with Gasteiger partial charge in [-0.2, -0.15) is 0 Å². The third-order valence-electron chi connectivity index (χ3n) is 2.00. The SMILES string of the molecule is Oc1ccc2sc(OCCCCl)cc2c1. The van der Waals surface area contributed by atoms with Crippen molar-refractivity contribution < 1.29 is 9.84 Å². The average Bonchev–Trinajstić information content (AvgIpc) is 2.60. The van der Waals surface area contributed by atoms with E-state index in [1.165, 1.54) is 0 Å². The van der Waals surface area contributed by atoms with Crippen LogP contribution < -0.4 is 4.74 Å². The number of rotatable bonds is 4. The number of phenolic OH excluding ortho intramolecular Hbond substituents is 1. The third-order valence-corrected chi connectivity index (χ3v) is 3.30. The molecule has 0 bridgehead atoms. The number of fused-ring (bicyclic) bond motifs is 1. The van der Waals surface area contributed by atoms with Crippen molar-refractivity contribution in [3.63, 3.8) is 0 Å². The van der Waals surface area contributed by atoms with E-state index in [1.54, 1.807) is 23.5 Å². The van der Waals surface area contributed by atoms with E-state index in [0.29, 0.717) is 12.5 Å². The van der Waals surface area contributed by atoms with E-state index in [1.807, 2.05) is 12.1 Å². The van der Waals surface area contributed by atoms with Crippen molar-refractivity contribution in [3.8, 4) is 10.8 Å². The van der Waals surface area contributed by atoms with Gasteiger partial charge < -0.3 is 9.84 Å². The Kier molecular flexibility index (Phi) is 3.34. The molecule has 1 aromatic carbocycles. The molecule has 0 unspecified atom stereocenters. The van der Waals surface area contributed by atoms with E-state index in [-0.39, 0.29) is 5.75 Å². The highest BCUT2D eigenvalue weighted by molar-refractivity contribution is 7.20. The maximum atomic E-state index is 9.30. The van der Waals surface area contributed by atoms with Crippen molar-refractivity contribution in [1.29, 1.82) is 0 Å². The monoisotopic (exact) mass is 242 g/mol. The van der Waals surface area contributed by atoms with Gasteiger partial charge in [-0.25, -0.2) is 0 Å². The van der Waals surface area contributed by atoms with Crippen LogP contribution in [0.25, 0.3) is 10.1 Å². The van der Waals surface area contributed by atoms with Crippen LogP contribution in [0.2, 0.25) is 0 Å². The molecule has 1 heterocycles. The first-order valence-corrected chi connectivity index (χ1v) is 6.06. The number of hydrogen-bond acceptors (Lipinski definition) is 3. The summed E-state index contributed by atoms with van der Waals surface area (Å²) in [4.78, 5) is 0. The van der Waals surface area contributed by atoms with Crippen LogP contribution in [0.15, 0.2) is 24.3 Å². The summed E-state index contributed by atoms with van der Waals surface area (Å²) < 4.78 is 6.64. The number of ether oxygens (including phenoxy) is 1. The number of thiophene rings is 1. The molecule has 0 atom stereocenters. The molecule has 15 heavy (non-hydrogen) atoms. The fourth-order valence-corrected chi connectivity index (χ4v) is 2.33. The van der Waals surface area contributed by atoms with Crippen molar-refractivity contribution in [3.05, 3.63) is 24.3 Å². The van der Waals surface area contributed by atoms with Crippen LogP contribution in [0.5, 0.6) is 10.8 Å². The fourth-order valence-electron chi connectivity index (χ4n) is 1.30. The summed E-state index contributed by atoms with van der Waals surface area (Å²) in [5, 5.41) is 11.2. The molecular weight excluding hydrogens is 232 g/mol. The molecule has 0 radical (unpaired) electrons. The lowest BCUT2D eigenvalue weighted by Crippen LogP contribution is -1.95. The van der Waals surface area contributed by atoms with Gasteiger partial charge in [-0.3, -0.25) is 0 Å². The molecule has 0 aliphatic carbocycles. The molecule has 1 aromatic heterocycles. The van der Waals surface area contributed by atoms with E-state index >= 15 is 0 Å². The lowest BCUT2D eigenvalue weighted by atomic mass is 10.2. The van der Waals surface area contributed by atoms with Crippen molar-refractivity contribution in [2.45, 2.75) is 6.42 Å². The van der Waals surface area contributed by atoms with Crippen LogP contribution in [-0.2, 0) is 0 Å². The molecule has 1 N–H and O–H groups in total. The Morgan fingerprint density at radius 1 is 1.33 bits per heavy atom. The molecule has 80 valence electrons. The first-order valence-electron chi connectivity index (χ1n) is 4.71. The summed E-state index contributed by atoms with van der Waals surface area (Å²) in [5.74, 6) is 0.902. The topological polar surface area (TPSA) is 29.5 Å². The maximum Gasteiger partial charge on any atom is 0.174 e. The second-order valence-electron chi connectivity index (χ2n) is 3.18. The molecule has 4 heteroatoms. The maximum absolute atomic E-state index is 9.30. The van der Waals surface area contributed by atoms with Gasteiger partial charge in [-0.15, -0.1) is 11.6 Å². The molecule has 2 aromatic rings. The Labute approximate surface area is 97.1 Å². The minimum Gasteiger partial charge on any atom is -0.508 e. The number of aromatic hydroxyl groups is 1. The Balaban J connectivity index is 2.16. The molecule has 0 spiro atoms. The van der Waals surface area contributed by atoms with Gasteiger partial charge in [-0.1, -0.05) is 11.3 Å². The predicted molar refractivity (Wildman–Crippen MR) is 64.3 cm³/mol. The summed E-state index contributed by atoms with van der Waals surface area (Å²) in [6, 6.07) is 7.25. The zero-order valence-corrected chi connectivity index (χ0v) is 9.64. The highest BCUT2D eigenvalue weighted by Crippen LogP contribution is 2.33. The van der Waals surface area contributed by atoms with E-state index in [2.05, 4.69) is 0 Å². The molecular formula is C11H11ClO2S. The smallest absolute Gasteiger partial charge is 0.174 e. The van der Waals surface area contributed by atoms with Crippen LogP contribution in [0.1, 0.15) is 6.42 Å². The van der Waals surface area contributed by atoms with Gasteiger partial charge in [0.1, 0.15) is 5.75 Å². The van der Waals surface area contributed by atoms with Crippen molar-refractivity contribution in [2.75, 3.05) is 12.5 Å². The second-order valence-corrected chi connectivity index (χ2v) is 4.60. The van der Waals surface area contributed by atoms with Gasteiger partial charge >= 0.3 is 0 Å². The van der Waals surface area contributed by atoms with Crippen LogP contribution in [0.3, 0.4) is 0 Å². The van der Waals surface area contributed by atoms with E-state index in [4.69, 9.17) is 16.3 Å². The van der Waals surface area contributed by atoms with Gasteiger partial charge in [-0.05, 0) is 36.1 Å². The zero-order valence-electron chi connectivity index (χ0n) is 8.07.